The van der Waals surface area contributed by atoms with E-state index in [0.29, 0.717) is 17.8 Å². The average molecular weight is 362 g/mol. The normalized spacial score (nSPS) is 20.2. The van der Waals surface area contributed by atoms with E-state index >= 15 is 0 Å². The molecule has 9 nitrogen and oxygen atoms in total. The summed E-state index contributed by atoms with van der Waals surface area (Å²) in [5, 5.41) is 22.0. The van der Waals surface area contributed by atoms with E-state index in [-0.39, 0.29) is 18.9 Å². The van der Waals surface area contributed by atoms with Crippen molar-refractivity contribution in [2.45, 2.75) is 25.2 Å². The molecule has 4 rings (SSSR count). The van der Waals surface area contributed by atoms with Gasteiger partial charge < -0.3 is 10.1 Å². The van der Waals surface area contributed by atoms with E-state index in [2.05, 4.69) is 31.0 Å². The van der Waals surface area contributed by atoms with Gasteiger partial charge in [-0.15, -0.1) is 5.10 Å². The number of aromatic nitrogens is 7. The first-order valence-corrected chi connectivity index (χ1v) is 8.12. The van der Waals surface area contributed by atoms with Crippen LogP contribution in [0.25, 0.3) is 5.69 Å². The van der Waals surface area contributed by atoms with Crippen molar-refractivity contribution in [2.75, 3.05) is 13.1 Å². The molecule has 1 aromatic carbocycles. The van der Waals surface area contributed by atoms with Gasteiger partial charge in [-0.2, -0.15) is 15.0 Å². The van der Waals surface area contributed by atoms with Crippen LogP contribution in [0.1, 0.15) is 18.2 Å². The minimum atomic E-state index is -1.04. The summed E-state index contributed by atoms with van der Waals surface area (Å²) >= 11 is 0. The number of piperidine rings is 1. The Hall–Kier alpha value is -2.95. The van der Waals surface area contributed by atoms with Gasteiger partial charge in [-0.1, -0.05) is 0 Å². The molecule has 2 atom stereocenters. The molecule has 0 radical (unpaired) electrons. The lowest BCUT2D eigenvalue weighted by atomic mass is 10.1. The zero-order valence-electron chi connectivity index (χ0n) is 13.7. The molecule has 0 aliphatic carbocycles. The van der Waals surface area contributed by atoms with Gasteiger partial charge in [0.25, 0.3) is 0 Å². The summed E-state index contributed by atoms with van der Waals surface area (Å²) in [5.41, 5.74) is 0.977. The fraction of sp³-hybridized carbons (Fsp3) is 0.400. The smallest absolute Gasteiger partial charge is 0.167 e. The summed E-state index contributed by atoms with van der Waals surface area (Å²) in [6.45, 7) is 1.04. The van der Waals surface area contributed by atoms with E-state index in [4.69, 9.17) is 4.74 Å². The van der Waals surface area contributed by atoms with Crippen LogP contribution < -0.4 is 10.1 Å². The zero-order valence-corrected chi connectivity index (χ0v) is 13.7. The molecule has 0 bridgehead atoms. The summed E-state index contributed by atoms with van der Waals surface area (Å²) in [6.07, 6.45) is 2.44. The minimum Gasteiger partial charge on any atom is -0.484 e. The maximum Gasteiger partial charge on any atom is 0.167 e. The maximum absolute atomic E-state index is 14.2. The van der Waals surface area contributed by atoms with Crippen LogP contribution >= 0.6 is 0 Å². The second-order valence-corrected chi connectivity index (χ2v) is 5.89. The Kier molecular flexibility index (Phi) is 4.52. The number of benzene rings is 1. The number of nitrogens with zero attached hydrogens (tertiary/aromatic N) is 7. The molecule has 2 aromatic heterocycles. The number of halogens is 2. The lowest BCUT2D eigenvalue weighted by Gasteiger charge is -2.25. The number of tetrazole rings is 1. The van der Waals surface area contributed by atoms with E-state index < -0.39 is 18.0 Å². The van der Waals surface area contributed by atoms with Gasteiger partial charge in [-0.3, -0.25) is 0 Å². The van der Waals surface area contributed by atoms with Gasteiger partial charge in [-0.25, -0.2) is 13.5 Å². The zero-order chi connectivity index (χ0) is 17.9. The highest BCUT2D eigenvalue weighted by Crippen LogP contribution is 2.22. The Balaban J connectivity index is 1.41. The third kappa shape index (κ3) is 3.38. The molecule has 3 heterocycles. The molecule has 1 aliphatic rings. The number of alkyl halides is 1. The largest absolute Gasteiger partial charge is 0.484 e. The molecule has 3 aromatic rings. The molecule has 0 amide bonds. The number of nitrogens with one attached hydrogen (secondary N) is 1. The Bertz CT molecular complexity index is 868. The molecular formula is C15H16F2N8O. The molecule has 1 N–H and O–H groups in total. The first-order valence-electron chi connectivity index (χ1n) is 8.12. The molecular weight excluding hydrogens is 346 g/mol. The third-order valence-corrected chi connectivity index (χ3v) is 4.13. The number of rotatable bonds is 5. The van der Waals surface area contributed by atoms with E-state index in [0.717, 1.165) is 6.54 Å². The van der Waals surface area contributed by atoms with Gasteiger partial charge in [0.2, 0.25) is 0 Å². The van der Waals surface area contributed by atoms with Crippen molar-refractivity contribution in [3.8, 4) is 11.4 Å². The van der Waals surface area contributed by atoms with E-state index in [1.165, 1.54) is 34.1 Å². The summed E-state index contributed by atoms with van der Waals surface area (Å²) in [5.74, 6) is -0.478. The SMILES string of the molecule is Fc1cc(-n2cnnn2)ccc1OCc1cnn([C@H]2CCNC[C@@H]2F)n1. The second-order valence-electron chi connectivity index (χ2n) is 5.89. The van der Waals surface area contributed by atoms with Crippen LogP contribution in [0.3, 0.4) is 0 Å². The fourth-order valence-electron chi connectivity index (χ4n) is 2.78. The Morgan fingerprint density at radius 3 is 3.04 bits per heavy atom. The maximum atomic E-state index is 14.2. The van der Waals surface area contributed by atoms with Crippen molar-refractivity contribution in [3.05, 3.63) is 42.2 Å². The first-order chi connectivity index (χ1) is 12.7. The van der Waals surface area contributed by atoms with Crippen molar-refractivity contribution in [1.29, 1.82) is 0 Å². The summed E-state index contributed by atoms with van der Waals surface area (Å²) in [4.78, 5) is 1.38. The van der Waals surface area contributed by atoms with Gasteiger partial charge in [-0.05, 0) is 35.5 Å². The highest BCUT2D eigenvalue weighted by molar-refractivity contribution is 5.37. The van der Waals surface area contributed by atoms with Crippen molar-refractivity contribution in [1.82, 2.24) is 40.5 Å². The molecule has 0 spiro atoms. The van der Waals surface area contributed by atoms with Crippen LogP contribution in [0.2, 0.25) is 0 Å². The van der Waals surface area contributed by atoms with Crippen LogP contribution in [-0.4, -0.2) is 54.5 Å². The van der Waals surface area contributed by atoms with Crippen molar-refractivity contribution >= 4 is 0 Å². The third-order valence-electron chi connectivity index (χ3n) is 4.13. The van der Waals surface area contributed by atoms with E-state index in [1.54, 1.807) is 6.07 Å². The highest BCUT2D eigenvalue weighted by atomic mass is 19.1. The second kappa shape index (κ2) is 7.12. The molecule has 1 fully saturated rings. The van der Waals surface area contributed by atoms with Crippen molar-refractivity contribution in [2.24, 2.45) is 0 Å². The van der Waals surface area contributed by atoms with E-state index in [9.17, 15) is 8.78 Å². The fourth-order valence-corrected chi connectivity index (χ4v) is 2.78. The minimum absolute atomic E-state index is 0.0308. The van der Waals surface area contributed by atoms with E-state index in [1.807, 2.05) is 0 Å². The molecule has 1 saturated heterocycles. The Labute approximate surface area is 147 Å². The van der Waals surface area contributed by atoms with Crippen LogP contribution in [-0.2, 0) is 6.61 Å². The van der Waals surface area contributed by atoms with Crippen LogP contribution in [0.15, 0.2) is 30.7 Å². The molecule has 1 aliphatic heterocycles. The van der Waals surface area contributed by atoms with Crippen molar-refractivity contribution in [3.63, 3.8) is 0 Å². The predicted molar refractivity (Wildman–Crippen MR) is 84.9 cm³/mol. The topological polar surface area (TPSA) is 95.6 Å². The van der Waals surface area contributed by atoms with Crippen LogP contribution in [0, 0.1) is 5.82 Å². The Morgan fingerprint density at radius 2 is 2.27 bits per heavy atom. The van der Waals surface area contributed by atoms with Crippen molar-refractivity contribution < 1.29 is 13.5 Å². The van der Waals surface area contributed by atoms with Gasteiger partial charge >= 0.3 is 0 Å². The molecule has 26 heavy (non-hydrogen) atoms. The van der Waals surface area contributed by atoms with Gasteiger partial charge in [0, 0.05) is 12.6 Å². The van der Waals surface area contributed by atoms with Gasteiger partial charge in [0.05, 0.1) is 11.9 Å². The average Bonchev–Trinajstić information content (AvgIpc) is 3.33. The monoisotopic (exact) mass is 362 g/mol. The summed E-state index contributed by atoms with van der Waals surface area (Å²) in [6, 6.07) is 4.00. The number of hydrogen-bond acceptors (Lipinski definition) is 7. The lowest BCUT2D eigenvalue weighted by molar-refractivity contribution is 0.159. The number of hydrogen-bond donors (Lipinski definition) is 1. The first kappa shape index (κ1) is 16.5. The molecule has 0 unspecified atom stereocenters. The van der Waals surface area contributed by atoms with Gasteiger partial charge in [0.15, 0.2) is 11.6 Å². The standard InChI is InChI=1S/C15H16F2N8O/c16-12-5-11(24-9-19-22-23-24)1-2-15(12)26-8-10-6-20-25(21-10)14-3-4-18-7-13(14)17/h1-2,5-6,9,13-14,18H,3-4,7-8H2/t13-,14-/m0/s1. The molecule has 11 heteroatoms. The van der Waals surface area contributed by atoms with Crippen LogP contribution in [0.5, 0.6) is 5.75 Å². The van der Waals surface area contributed by atoms with Gasteiger partial charge in [0.1, 0.15) is 30.8 Å². The quantitative estimate of drug-likeness (QED) is 0.719. The highest BCUT2D eigenvalue weighted by Gasteiger charge is 2.27. The van der Waals surface area contributed by atoms with Crippen LogP contribution in [0.4, 0.5) is 8.78 Å². The molecule has 0 saturated carbocycles. The molecule has 136 valence electrons. The summed E-state index contributed by atoms with van der Waals surface area (Å²) in [7, 11) is 0. The summed E-state index contributed by atoms with van der Waals surface area (Å²) < 4.78 is 34.9. The number of ether oxygens (including phenoxy) is 1. The Morgan fingerprint density at radius 1 is 1.35 bits per heavy atom. The lowest BCUT2D eigenvalue weighted by Crippen LogP contribution is -2.40. The predicted octanol–water partition coefficient (Wildman–Crippen LogP) is 0.844.